The fraction of sp³-hybridized carbons (Fsp3) is 0.500. The number of amides is 2. The molecule has 5 rings (SSSR count). The van der Waals surface area contributed by atoms with Gasteiger partial charge in [-0.25, -0.2) is 0 Å². The number of furan rings is 1. The molecule has 5 heterocycles. The molecule has 0 spiro atoms. The van der Waals surface area contributed by atoms with E-state index in [1.807, 2.05) is 0 Å². The zero-order chi connectivity index (χ0) is 17.7. The molecular weight excluding hydrogens is 334 g/mol. The second-order valence-electron chi connectivity index (χ2n) is 7.28. The summed E-state index contributed by atoms with van der Waals surface area (Å²) < 4.78 is 5.83. The molecule has 8 nitrogen and oxygen atoms in total. The molecule has 0 saturated carbocycles. The smallest absolute Gasteiger partial charge is 0.270 e. The highest BCUT2D eigenvalue weighted by atomic mass is 16.4. The van der Waals surface area contributed by atoms with Gasteiger partial charge in [0.25, 0.3) is 5.91 Å². The van der Waals surface area contributed by atoms with Gasteiger partial charge in [-0.05, 0) is 19.3 Å². The molecule has 0 unspecified atom stereocenters. The van der Waals surface area contributed by atoms with Crippen LogP contribution >= 0.6 is 0 Å². The molecule has 3 saturated heterocycles. The maximum absolute atomic E-state index is 12.6. The molecule has 8 heteroatoms. The zero-order valence-corrected chi connectivity index (χ0v) is 14.3. The first-order chi connectivity index (χ1) is 12.7. The van der Waals surface area contributed by atoms with Gasteiger partial charge >= 0.3 is 0 Å². The van der Waals surface area contributed by atoms with Crippen LogP contribution in [-0.2, 0) is 4.79 Å². The third-order valence-corrected chi connectivity index (χ3v) is 5.59. The number of carbonyl (C=O) groups is 2. The Bertz CT molecular complexity index is 879. The number of nitrogens with one attached hydrogen (secondary N) is 3. The van der Waals surface area contributed by atoms with E-state index in [0.29, 0.717) is 42.3 Å². The van der Waals surface area contributed by atoms with Crippen molar-refractivity contribution in [3.8, 4) is 0 Å². The van der Waals surface area contributed by atoms with Gasteiger partial charge in [-0.3, -0.25) is 19.5 Å². The average molecular weight is 355 g/mol. The van der Waals surface area contributed by atoms with Gasteiger partial charge in [0, 0.05) is 54.9 Å². The lowest BCUT2D eigenvalue weighted by molar-refractivity contribution is -0.118. The van der Waals surface area contributed by atoms with Crippen molar-refractivity contribution < 1.29 is 14.0 Å². The predicted octanol–water partition coefficient (Wildman–Crippen LogP) is 0.387. The van der Waals surface area contributed by atoms with Crippen LogP contribution in [0.5, 0.6) is 0 Å². The minimum atomic E-state index is -0.178. The molecule has 2 bridgehead atoms. The summed E-state index contributed by atoms with van der Waals surface area (Å²) in [5.41, 5.74) is 0.908. The van der Waals surface area contributed by atoms with E-state index in [0.717, 1.165) is 24.8 Å². The number of anilines is 1. The summed E-state index contributed by atoms with van der Waals surface area (Å²) >= 11 is 0. The Hall–Kier alpha value is -2.45. The van der Waals surface area contributed by atoms with Crippen LogP contribution in [0.15, 0.2) is 22.7 Å². The van der Waals surface area contributed by atoms with Gasteiger partial charge in [-0.1, -0.05) is 0 Å². The Morgan fingerprint density at radius 2 is 2.27 bits per heavy atom. The minimum Gasteiger partial charge on any atom is -0.440 e. The van der Waals surface area contributed by atoms with E-state index in [1.54, 1.807) is 23.2 Å². The van der Waals surface area contributed by atoms with Crippen LogP contribution in [0.2, 0.25) is 0 Å². The second-order valence-corrected chi connectivity index (χ2v) is 7.28. The molecule has 3 N–H and O–H groups in total. The highest BCUT2D eigenvalue weighted by molar-refractivity contribution is 5.98. The van der Waals surface area contributed by atoms with Gasteiger partial charge in [-0.2, -0.15) is 0 Å². The van der Waals surface area contributed by atoms with Crippen molar-refractivity contribution in [2.75, 3.05) is 24.5 Å². The summed E-state index contributed by atoms with van der Waals surface area (Å²) in [6.07, 6.45) is 4.92. The number of aromatic nitrogens is 1. The van der Waals surface area contributed by atoms with Crippen molar-refractivity contribution in [1.29, 1.82) is 0 Å². The molecule has 0 aliphatic carbocycles. The summed E-state index contributed by atoms with van der Waals surface area (Å²) in [6.45, 7) is 1.60. The molecule has 2 aromatic heterocycles. The maximum atomic E-state index is 12.6. The maximum Gasteiger partial charge on any atom is 0.270 e. The third-order valence-electron chi connectivity index (χ3n) is 5.59. The molecule has 3 aliphatic rings. The minimum absolute atomic E-state index is 0.0231. The fourth-order valence-corrected chi connectivity index (χ4v) is 4.24. The van der Waals surface area contributed by atoms with E-state index in [1.165, 1.54) is 6.42 Å². The molecule has 26 heavy (non-hydrogen) atoms. The lowest BCUT2D eigenvalue weighted by Gasteiger charge is -2.24. The highest BCUT2D eigenvalue weighted by Crippen LogP contribution is 2.29. The lowest BCUT2D eigenvalue weighted by Crippen LogP contribution is -2.48. The molecule has 2 aromatic rings. The van der Waals surface area contributed by atoms with Crippen molar-refractivity contribution >= 4 is 28.7 Å². The quantitative estimate of drug-likeness (QED) is 0.736. The van der Waals surface area contributed by atoms with Crippen LogP contribution in [0.1, 0.15) is 29.8 Å². The number of hydrogen-bond donors (Lipinski definition) is 3. The van der Waals surface area contributed by atoms with E-state index in [9.17, 15) is 9.59 Å². The zero-order valence-electron chi connectivity index (χ0n) is 14.3. The van der Waals surface area contributed by atoms with Gasteiger partial charge in [0.2, 0.25) is 11.8 Å². The Morgan fingerprint density at radius 3 is 3.04 bits per heavy atom. The summed E-state index contributed by atoms with van der Waals surface area (Å²) in [5, 5.41) is 10.4. The normalized spacial score (nSPS) is 28.1. The predicted molar refractivity (Wildman–Crippen MR) is 95.0 cm³/mol. The number of pyridine rings is 1. The van der Waals surface area contributed by atoms with Gasteiger partial charge in [0.15, 0.2) is 0 Å². The van der Waals surface area contributed by atoms with E-state index >= 15 is 0 Å². The number of nitrogens with zero attached hydrogens (tertiary/aromatic N) is 2. The molecule has 3 fully saturated rings. The third kappa shape index (κ3) is 2.65. The standard InChI is InChI=1S/C18H21N5O3/c24-16-9-19-3-4-23(16)17-5-10-8-20-14(7-15(10)26-17)18(25)22-13-6-11-1-2-12(13)21-11/h5,7-8,11-13,19,21H,1-4,6,9H2,(H,22,25)/t11-,12+,13-/m1/s1. The monoisotopic (exact) mass is 355 g/mol. The molecule has 2 amide bonds. The number of rotatable bonds is 3. The lowest BCUT2D eigenvalue weighted by atomic mass is 9.95. The van der Waals surface area contributed by atoms with Crippen LogP contribution in [0.4, 0.5) is 5.88 Å². The first-order valence-electron chi connectivity index (χ1n) is 9.15. The topological polar surface area (TPSA) is 99.5 Å². The van der Waals surface area contributed by atoms with Crippen LogP contribution in [-0.4, -0.2) is 54.6 Å². The van der Waals surface area contributed by atoms with E-state index in [2.05, 4.69) is 20.9 Å². The summed E-state index contributed by atoms with van der Waals surface area (Å²) in [7, 11) is 0. The average Bonchev–Trinajstić information content (AvgIpc) is 3.36. The van der Waals surface area contributed by atoms with Crippen molar-refractivity contribution in [3.63, 3.8) is 0 Å². The van der Waals surface area contributed by atoms with Crippen molar-refractivity contribution in [2.24, 2.45) is 0 Å². The molecule has 0 radical (unpaired) electrons. The van der Waals surface area contributed by atoms with Gasteiger partial charge in [0.05, 0.1) is 6.54 Å². The first-order valence-corrected chi connectivity index (χ1v) is 9.15. The second kappa shape index (κ2) is 6.07. The van der Waals surface area contributed by atoms with Crippen LogP contribution < -0.4 is 20.9 Å². The summed E-state index contributed by atoms with van der Waals surface area (Å²) in [5.74, 6) is 0.302. The molecule has 3 aliphatic heterocycles. The number of hydrogen-bond acceptors (Lipinski definition) is 6. The highest BCUT2D eigenvalue weighted by Gasteiger charge is 2.39. The Morgan fingerprint density at radius 1 is 1.35 bits per heavy atom. The van der Waals surface area contributed by atoms with Gasteiger partial charge < -0.3 is 20.4 Å². The SMILES string of the molecule is O=C(N[C@@H]1C[C@H]2CC[C@@H]1N2)c1cc2oc(N3CCNCC3=O)cc2cn1. The summed E-state index contributed by atoms with van der Waals surface area (Å²) in [4.78, 5) is 30.5. The van der Waals surface area contributed by atoms with E-state index in [4.69, 9.17) is 4.42 Å². The van der Waals surface area contributed by atoms with E-state index < -0.39 is 0 Å². The molecule has 3 atom stereocenters. The van der Waals surface area contributed by atoms with Crippen LogP contribution in [0.25, 0.3) is 11.0 Å². The summed E-state index contributed by atoms with van der Waals surface area (Å²) in [6, 6.07) is 4.53. The Kier molecular flexibility index (Phi) is 3.68. The first kappa shape index (κ1) is 15.8. The Balaban J connectivity index is 1.36. The number of fused-ring (bicyclic) bond motifs is 3. The fourth-order valence-electron chi connectivity index (χ4n) is 4.24. The Labute approximate surface area is 150 Å². The van der Waals surface area contributed by atoms with Crippen molar-refractivity contribution in [1.82, 2.24) is 20.9 Å². The molecular formula is C18H21N5O3. The molecule has 136 valence electrons. The number of piperazine rings is 1. The van der Waals surface area contributed by atoms with Crippen LogP contribution in [0.3, 0.4) is 0 Å². The van der Waals surface area contributed by atoms with E-state index in [-0.39, 0.29) is 17.9 Å². The molecule has 0 aromatic carbocycles. The van der Waals surface area contributed by atoms with Crippen LogP contribution in [0, 0.1) is 0 Å². The van der Waals surface area contributed by atoms with Crippen molar-refractivity contribution in [3.05, 3.63) is 24.0 Å². The number of carbonyl (C=O) groups excluding carboxylic acids is 2. The largest absolute Gasteiger partial charge is 0.440 e. The van der Waals surface area contributed by atoms with Crippen molar-refractivity contribution in [2.45, 2.75) is 37.4 Å². The van der Waals surface area contributed by atoms with Gasteiger partial charge in [-0.15, -0.1) is 0 Å². The van der Waals surface area contributed by atoms with Gasteiger partial charge in [0.1, 0.15) is 11.3 Å².